The highest BCUT2D eigenvalue weighted by atomic mass is 16.5. The molecule has 0 aromatic rings. The average Bonchev–Trinajstić information content (AvgIpc) is 2.91. The highest BCUT2D eigenvalue weighted by molar-refractivity contribution is 5.90. The van der Waals surface area contributed by atoms with Gasteiger partial charge in [0.2, 0.25) is 5.91 Å². The van der Waals surface area contributed by atoms with Crippen molar-refractivity contribution in [2.75, 3.05) is 26.9 Å². The summed E-state index contributed by atoms with van der Waals surface area (Å²) in [5.41, 5.74) is -0.205. The van der Waals surface area contributed by atoms with E-state index in [-0.39, 0.29) is 17.2 Å². The molecule has 24 heavy (non-hydrogen) atoms. The second kappa shape index (κ2) is 7.38. The van der Waals surface area contributed by atoms with Gasteiger partial charge in [0, 0.05) is 19.8 Å². The standard InChI is InChI=1S/C16H26N2O6/c1-10(2)12(17-15(22)23-3)13(19)18-9-16(4-6-24-7-5-16)8-11(18)14(20)21/h10-12H,4-9H2,1-3H3,(H,17,22)(H,20,21)/t11-,12-/m0/s1. The number of nitrogens with zero attached hydrogens (tertiary/aromatic N) is 1. The van der Waals surface area contributed by atoms with Crippen LogP contribution in [-0.2, 0) is 19.1 Å². The number of carboxylic acids is 1. The fraction of sp³-hybridized carbons (Fsp3) is 0.812. The van der Waals surface area contributed by atoms with Gasteiger partial charge >= 0.3 is 12.1 Å². The van der Waals surface area contributed by atoms with Gasteiger partial charge in [-0.05, 0) is 30.6 Å². The van der Waals surface area contributed by atoms with Gasteiger partial charge in [0.15, 0.2) is 0 Å². The smallest absolute Gasteiger partial charge is 0.407 e. The number of alkyl carbamates (subject to hydrolysis) is 1. The molecular formula is C16H26N2O6. The second-order valence-corrected chi connectivity index (χ2v) is 6.99. The lowest BCUT2D eigenvalue weighted by molar-refractivity contribution is -0.149. The predicted molar refractivity (Wildman–Crippen MR) is 84.4 cm³/mol. The van der Waals surface area contributed by atoms with E-state index in [9.17, 15) is 19.5 Å². The third-order valence-corrected chi connectivity index (χ3v) is 5.02. The predicted octanol–water partition coefficient (Wildman–Crippen LogP) is 0.849. The maximum Gasteiger partial charge on any atom is 0.407 e. The molecule has 2 atom stereocenters. The third kappa shape index (κ3) is 3.80. The molecule has 0 aliphatic carbocycles. The van der Waals surface area contributed by atoms with Gasteiger partial charge in [0.1, 0.15) is 12.1 Å². The summed E-state index contributed by atoms with van der Waals surface area (Å²) < 4.78 is 9.95. The van der Waals surface area contributed by atoms with Crippen molar-refractivity contribution >= 4 is 18.0 Å². The summed E-state index contributed by atoms with van der Waals surface area (Å²) in [6.45, 7) is 5.16. The topological polar surface area (TPSA) is 105 Å². The Bertz CT molecular complexity index is 501. The van der Waals surface area contributed by atoms with Crippen LogP contribution in [-0.4, -0.2) is 66.9 Å². The number of amides is 2. The fourth-order valence-corrected chi connectivity index (χ4v) is 3.55. The summed E-state index contributed by atoms with van der Waals surface area (Å²) in [6.07, 6.45) is 1.23. The molecule has 2 aliphatic rings. The van der Waals surface area contributed by atoms with Crippen LogP contribution in [0.15, 0.2) is 0 Å². The van der Waals surface area contributed by atoms with Gasteiger partial charge in [0.25, 0.3) is 0 Å². The minimum absolute atomic E-state index is 0.183. The molecule has 2 N–H and O–H groups in total. The molecule has 2 fully saturated rings. The summed E-state index contributed by atoms with van der Waals surface area (Å²) in [5.74, 6) is -1.56. The van der Waals surface area contributed by atoms with Crippen molar-refractivity contribution in [2.45, 2.75) is 45.2 Å². The highest BCUT2D eigenvalue weighted by Gasteiger charge is 2.50. The summed E-state index contributed by atoms with van der Waals surface area (Å²) in [5, 5.41) is 12.1. The van der Waals surface area contributed by atoms with Gasteiger partial charge in [-0.2, -0.15) is 0 Å². The van der Waals surface area contributed by atoms with Gasteiger partial charge in [-0.1, -0.05) is 13.8 Å². The van der Waals surface area contributed by atoms with Gasteiger partial charge in [-0.15, -0.1) is 0 Å². The van der Waals surface area contributed by atoms with Crippen molar-refractivity contribution < 1.29 is 29.0 Å². The molecule has 2 amide bonds. The zero-order chi connectivity index (χ0) is 17.9. The zero-order valence-corrected chi connectivity index (χ0v) is 14.4. The molecule has 136 valence electrons. The van der Waals surface area contributed by atoms with E-state index in [2.05, 4.69) is 10.1 Å². The monoisotopic (exact) mass is 342 g/mol. The number of nitrogens with one attached hydrogen (secondary N) is 1. The average molecular weight is 342 g/mol. The molecule has 0 aromatic carbocycles. The third-order valence-electron chi connectivity index (χ3n) is 5.02. The number of hydrogen-bond donors (Lipinski definition) is 2. The first kappa shape index (κ1) is 18.5. The Morgan fingerprint density at radius 1 is 1.29 bits per heavy atom. The first-order chi connectivity index (χ1) is 11.3. The number of carboxylic acid groups (broad SMARTS) is 1. The maximum absolute atomic E-state index is 12.9. The van der Waals surface area contributed by atoms with Crippen LogP contribution >= 0.6 is 0 Å². The van der Waals surface area contributed by atoms with Crippen LogP contribution in [0.25, 0.3) is 0 Å². The summed E-state index contributed by atoms with van der Waals surface area (Å²) in [7, 11) is 1.23. The van der Waals surface area contributed by atoms with Crippen molar-refractivity contribution in [3.05, 3.63) is 0 Å². The van der Waals surface area contributed by atoms with E-state index in [1.807, 2.05) is 0 Å². The van der Waals surface area contributed by atoms with E-state index >= 15 is 0 Å². The number of carbonyl (C=O) groups excluding carboxylic acids is 2. The molecule has 0 radical (unpaired) electrons. The van der Waals surface area contributed by atoms with Crippen molar-refractivity contribution in [1.29, 1.82) is 0 Å². The van der Waals surface area contributed by atoms with E-state index in [4.69, 9.17) is 4.74 Å². The number of rotatable bonds is 4. The largest absolute Gasteiger partial charge is 0.480 e. The van der Waals surface area contributed by atoms with Crippen molar-refractivity contribution in [2.24, 2.45) is 11.3 Å². The molecule has 0 saturated carbocycles. The van der Waals surface area contributed by atoms with Gasteiger partial charge < -0.3 is 24.8 Å². The number of carbonyl (C=O) groups is 3. The lowest BCUT2D eigenvalue weighted by Gasteiger charge is -2.33. The molecule has 2 aliphatic heterocycles. The van der Waals surface area contributed by atoms with E-state index in [1.54, 1.807) is 13.8 Å². The number of hydrogen-bond acceptors (Lipinski definition) is 5. The number of methoxy groups -OCH3 is 1. The SMILES string of the molecule is COC(=O)N[C@H](C(=O)N1CC2(CCOCC2)C[C@H]1C(=O)O)C(C)C. The Balaban J connectivity index is 2.20. The Morgan fingerprint density at radius 3 is 2.42 bits per heavy atom. The molecule has 0 aromatic heterocycles. The van der Waals surface area contributed by atoms with E-state index in [0.717, 1.165) is 12.8 Å². The Kier molecular flexibility index (Phi) is 5.69. The molecule has 0 bridgehead atoms. The van der Waals surface area contributed by atoms with E-state index < -0.39 is 24.1 Å². The van der Waals surface area contributed by atoms with Gasteiger partial charge in [-0.3, -0.25) is 4.79 Å². The lowest BCUT2D eigenvalue weighted by atomic mass is 9.78. The van der Waals surface area contributed by atoms with Crippen LogP contribution in [0, 0.1) is 11.3 Å². The molecule has 0 unspecified atom stereocenters. The quantitative estimate of drug-likeness (QED) is 0.785. The maximum atomic E-state index is 12.9. The molecule has 8 heteroatoms. The zero-order valence-electron chi connectivity index (χ0n) is 14.4. The van der Waals surface area contributed by atoms with E-state index in [0.29, 0.717) is 26.2 Å². The molecule has 2 saturated heterocycles. The number of likely N-dealkylation sites (tertiary alicyclic amines) is 1. The van der Waals surface area contributed by atoms with Crippen molar-refractivity contribution in [3.63, 3.8) is 0 Å². The van der Waals surface area contributed by atoms with Crippen molar-refractivity contribution in [3.8, 4) is 0 Å². The van der Waals surface area contributed by atoms with Gasteiger partial charge in [-0.25, -0.2) is 9.59 Å². The van der Waals surface area contributed by atoms with Gasteiger partial charge in [0.05, 0.1) is 7.11 Å². The molecule has 8 nitrogen and oxygen atoms in total. The molecule has 1 spiro atoms. The van der Waals surface area contributed by atoms with Crippen LogP contribution in [0.4, 0.5) is 4.79 Å². The Morgan fingerprint density at radius 2 is 1.92 bits per heavy atom. The minimum atomic E-state index is -1.01. The minimum Gasteiger partial charge on any atom is -0.480 e. The van der Waals surface area contributed by atoms with Crippen LogP contribution in [0.1, 0.15) is 33.1 Å². The summed E-state index contributed by atoms with van der Waals surface area (Å²) in [4.78, 5) is 37.5. The van der Waals surface area contributed by atoms with Crippen LogP contribution in [0.2, 0.25) is 0 Å². The first-order valence-electron chi connectivity index (χ1n) is 8.25. The molecule has 2 heterocycles. The highest BCUT2D eigenvalue weighted by Crippen LogP contribution is 2.43. The number of aliphatic carboxylic acids is 1. The Hall–Kier alpha value is -1.83. The second-order valence-electron chi connectivity index (χ2n) is 6.99. The molecule has 2 rings (SSSR count). The van der Waals surface area contributed by atoms with Crippen molar-refractivity contribution in [1.82, 2.24) is 10.2 Å². The fourth-order valence-electron chi connectivity index (χ4n) is 3.55. The normalized spacial score (nSPS) is 24.0. The summed E-state index contributed by atoms with van der Waals surface area (Å²) in [6, 6.07) is -1.68. The van der Waals surface area contributed by atoms with Crippen LogP contribution < -0.4 is 5.32 Å². The Labute approximate surface area is 141 Å². The molecular weight excluding hydrogens is 316 g/mol. The van der Waals surface area contributed by atoms with Crippen LogP contribution in [0.3, 0.4) is 0 Å². The van der Waals surface area contributed by atoms with Crippen LogP contribution in [0.5, 0.6) is 0 Å². The first-order valence-corrected chi connectivity index (χ1v) is 8.25. The number of ether oxygens (including phenoxy) is 2. The lowest BCUT2D eigenvalue weighted by Crippen LogP contribution is -2.54. The van der Waals surface area contributed by atoms with E-state index in [1.165, 1.54) is 12.0 Å². The summed E-state index contributed by atoms with van der Waals surface area (Å²) >= 11 is 0.